The monoisotopic (exact) mass is 633 g/mol. The number of halogens is 1. The molecule has 6 N–H and O–H groups in total. The average molecular weight is 634 g/mol. The number of amides is 2. The van der Waals surface area contributed by atoms with Crippen molar-refractivity contribution in [2.45, 2.75) is 51.3 Å². The van der Waals surface area contributed by atoms with E-state index < -0.39 is 35.5 Å². The van der Waals surface area contributed by atoms with E-state index in [2.05, 4.69) is 10.3 Å². The maximum Gasteiger partial charge on any atom is 0.328 e. The van der Waals surface area contributed by atoms with Gasteiger partial charge in [0.25, 0.3) is 0 Å². The average Bonchev–Trinajstić information content (AvgIpc) is 2.97. The number of carbonyl (C=O) groups is 4. The quantitative estimate of drug-likeness (QED) is 0.216. The summed E-state index contributed by atoms with van der Waals surface area (Å²) in [6.07, 6.45) is 2.47. The van der Waals surface area contributed by atoms with Gasteiger partial charge in [0, 0.05) is 55.0 Å². The Bertz CT molecular complexity index is 1320. The number of aliphatic hydroxyl groups excluding tert-OH is 1. The molecule has 1 aliphatic heterocycles. The molecular weight excluding hydrogens is 594 g/mol. The first-order valence-electron chi connectivity index (χ1n) is 13.9. The molecule has 0 radical (unpaired) electrons. The number of nitrogens with one attached hydrogen (secondary N) is 1. The predicted octanol–water partition coefficient (Wildman–Crippen LogP) is 2.63. The molecule has 3 rings (SSSR count). The lowest BCUT2D eigenvalue weighted by molar-refractivity contribution is -0.134. The largest absolute Gasteiger partial charge is 0.497 e. The van der Waals surface area contributed by atoms with Crippen molar-refractivity contribution < 1.29 is 39.2 Å². The maximum absolute atomic E-state index is 13.0. The number of carboxylic acid groups (broad SMARTS) is 2. The number of anilines is 2. The molecule has 1 saturated heterocycles. The molecule has 0 saturated carbocycles. The van der Waals surface area contributed by atoms with Gasteiger partial charge in [0.1, 0.15) is 11.6 Å². The molecule has 44 heavy (non-hydrogen) atoms. The normalized spacial score (nSPS) is 16.8. The minimum absolute atomic E-state index is 0.0827. The van der Waals surface area contributed by atoms with Gasteiger partial charge < -0.3 is 36.0 Å². The molecule has 1 aromatic carbocycles. The molecular formula is C30H40ClN5O8. The Balaban J connectivity index is 0.000000742. The Hall–Kier alpha value is -4.04. The van der Waals surface area contributed by atoms with Gasteiger partial charge in [0.05, 0.1) is 30.5 Å². The third-order valence-electron chi connectivity index (χ3n) is 7.07. The van der Waals surface area contributed by atoms with Gasteiger partial charge in [0.15, 0.2) is 0 Å². The SMILES string of the molecule is CC[C@H](C[C@H](O)[C@@H](N)CN1CC(=O)N(c2ccccc2Cl)CC1(C)C)C(=O)Nc1cc(OC)ccn1.O=C(O)/C=C/C(=O)O. The van der Waals surface area contributed by atoms with Crippen LogP contribution in [-0.2, 0) is 19.2 Å². The first-order valence-corrected chi connectivity index (χ1v) is 14.2. The van der Waals surface area contributed by atoms with E-state index in [9.17, 15) is 24.3 Å². The summed E-state index contributed by atoms with van der Waals surface area (Å²) in [4.78, 5) is 52.7. The predicted molar refractivity (Wildman–Crippen MR) is 166 cm³/mol. The van der Waals surface area contributed by atoms with Gasteiger partial charge in [-0.1, -0.05) is 30.7 Å². The number of aromatic nitrogens is 1. The molecule has 1 aromatic heterocycles. The van der Waals surface area contributed by atoms with Gasteiger partial charge in [-0.25, -0.2) is 14.6 Å². The number of hydrogen-bond donors (Lipinski definition) is 5. The highest BCUT2D eigenvalue weighted by Crippen LogP contribution is 2.31. The van der Waals surface area contributed by atoms with Crippen molar-refractivity contribution in [1.29, 1.82) is 0 Å². The lowest BCUT2D eigenvalue weighted by atomic mass is 9.92. The number of benzene rings is 1. The Labute approximate surface area is 261 Å². The van der Waals surface area contributed by atoms with Gasteiger partial charge in [-0.2, -0.15) is 0 Å². The highest BCUT2D eigenvalue weighted by atomic mass is 35.5. The summed E-state index contributed by atoms with van der Waals surface area (Å²) in [6.45, 7) is 6.85. The second kappa shape index (κ2) is 16.7. The van der Waals surface area contributed by atoms with Gasteiger partial charge in [-0.3, -0.25) is 14.5 Å². The Morgan fingerprint density at radius 3 is 2.39 bits per heavy atom. The van der Waals surface area contributed by atoms with Gasteiger partial charge in [0.2, 0.25) is 11.8 Å². The second-order valence-corrected chi connectivity index (χ2v) is 11.2. The van der Waals surface area contributed by atoms with Crippen molar-refractivity contribution in [3.63, 3.8) is 0 Å². The minimum Gasteiger partial charge on any atom is -0.497 e. The van der Waals surface area contributed by atoms with Crippen LogP contribution >= 0.6 is 11.6 Å². The number of carbonyl (C=O) groups excluding carboxylic acids is 2. The fourth-order valence-electron chi connectivity index (χ4n) is 4.52. The number of hydrogen-bond acceptors (Lipinski definition) is 9. The topological polar surface area (TPSA) is 196 Å². The number of nitrogens with zero attached hydrogens (tertiary/aromatic N) is 3. The molecule has 1 fully saturated rings. The standard InChI is InChI=1S/C26H36ClN5O4.C4H4O4/c1-5-17(25(35)30-23-13-18(36-4)10-11-29-23)12-22(33)20(28)14-31-15-24(34)32(16-26(31,2)3)21-9-7-6-8-19(21)27;5-3(6)1-2-4(7)8/h6-11,13,17,20,22,33H,5,12,14-16,28H2,1-4H3,(H,29,30,35);1-2H,(H,5,6)(H,7,8)/b;2-1+/t17-,20+,22+;/m1./s1. The van der Waals surface area contributed by atoms with Crippen LogP contribution < -0.4 is 20.7 Å². The van der Waals surface area contributed by atoms with Crippen LogP contribution in [0.1, 0.15) is 33.6 Å². The molecule has 1 aliphatic rings. The fourth-order valence-corrected chi connectivity index (χ4v) is 4.76. The number of rotatable bonds is 12. The Kier molecular flexibility index (Phi) is 13.7. The number of methoxy groups -OCH3 is 1. The van der Waals surface area contributed by atoms with Crippen molar-refractivity contribution in [2.24, 2.45) is 11.7 Å². The van der Waals surface area contributed by atoms with Crippen LogP contribution in [0.15, 0.2) is 54.7 Å². The number of pyridine rings is 1. The maximum atomic E-state index is 13.0. The molecule has 13 nitrogen and oxygen atoms in total. The third-order valence-corrected chi connectivity index (χ3v) is 7.39. The van der Waals surface area contributed by atoms with Crippen molar-refractivity contribution in [1.82, 2.24) is 9.88 Å². The Morgan fingerprint density at radius 1 is 1.18 bits per heavy atom. The second-order valence-electron chi connectivity index (χ2n) is 10.8. The van der Waals surface area contributed by atoms with E-state index in [1.54, 1.807) is 36.4 Å². The van der Waals surface area contributed by atoms with E-state index in [0.29, 0.717) is 53.9 Å². The van der Waals surface area contributed by atoms with Crippen molar-refractivity contribution in [3.05, 3.63) is 59.8 Å². The Morgan fingerprint density at radius 2 is 1.82 bits per heavy atom. The van der Waals surface area contributed by atoms with Gasteiger partial charge in [-0.05, 0) is 44.9 Å². The number of piperazine rings is 1. The summed E-state index contributed by atoms with van der Waals surface area (Å²) in [6, 6.07) is 9.96. The van der Waals surface area contributed by atoms with Crippen LogP contribution in [-0.4, -0.2) is 93.4 Å². The molecule has 3 atom stereocenters. The number of carboxylic acids is 2. The molecule has 0 bridgehead atoms. The van der Waals surface area contributed by atoms with Crippen molar-refractivity contribution in [3.8, 4) is 5.75 Å². The summed E-state index contributed by atoms with van der Waals surface area (Å²) in [5.41, 5.74) is 6.66. The first-order chi connectivity index (χ1) is 20.7. The van der Waals surface area contributed by atoms with Gasteiger partial charge >= 0.3 is 11.9 Å². The lowest BCUT2D eigenvalue weighted by Gasteiger charge is -2.47. The molecule has 0 unspecified atom stereocenters. The van der Waals surface area contributed by atoms with Crippen LogP contribution in [0.25, 0.3) is 0 Å². The highest BCUT2D eigenvalue weighted by Gasteiger charge is 2.40. The van der Waals surface area contributed by atoms with E-state index in [0.717, 1.165) is 0 Å². The van der Waals surface area contributed by atoms with E-state index in [4.69, 9.17) is 32.3 Å². The van der Waals surface area contributed by atoms with Crippen LogP contribution in [0.5, 0.6) is 5.75 Å². The summed E-state index contributed by atoms with van der Waals surface area (Å²) >= 11 is 6.33. The van der Waals surface area contributed by atoms with Crippen LogP contribution in [0.3, 0.4) is 0 Å². The smallest absolute Gasteiger partial charge is 0.328 e. The van der Waals surface area contributed by atoms with E-state index in [1.807, 2.05) is 43.9 Å². The summed E-state index contributed by atoms with van der Waals surface area (Å²) in [5, 5.41) is 29.8. The van der Waals surface area contributed by atoms with Gasteiger partial charge in [-0.15, -0.1) is 0 Å². The molecule has 0 aliphatic carbocycles. The van der Waals surface area contributed by atoms with E-state index in [1.165, 1.54) is 0 Å². The summed E-state index contributed by atoms with van der Waals surface area (Å²) in [5.74, 6) is -2.32. The highest BCUT2D eigenvalue weighted by molar-refractivity contribution is 6.33. The van der Waals surface area contributed by atoms with Crippen LogP contribution in [0.4, 0.5) is 11.5 Å². The molecule has 2 amide bonds. The van der Waals surface area contributed by atoms with Crippen molar-refractivity contribution in [2.75, 3.05) is 37.0 Å². The number of nitrogens with two attached hydrogens (primary N) is 1. The molecule has 2 heterocycles. The zero-order valence-electron chi connectivity index (χ0n) is 25.1. The van der Waals surface area contributed by atoms with E-state index >= 15 is 0 Å². The van der Waals surface area contributed by atoms with Crippen molar-refractivity contribution >= 4 is 46.9 Å². The van der Waals surface area contributed by atoms with Crippen LogP contribution in [0.2, 0.25) is 5.02 Å². The third kappa shape index (κ3) is 10.9. The van der Waals surface area contributed by atoms with Crippen LogP contribution in [0, 0.1) is 5.92 Å². The zero-order chi connectivity index (χ0) is 33.0. The fraction of sp³-hybridized carbons (Fsp3) is 0.433. The molecule has 0 spiro atoms. The number of aliphatic hydroxyl groups is 1. The first kappa shape index (κ1) is 36.2. The zero-order valence-corrected chi connectivity index (χ0v) is 25.9. The minimum atomic E-state index is -1.26. The summed E-state index contributed by atoms with van der Waals surface area (Å²) in [7, 11) is 1.54. The molecule has 240 valence electrons. The summed E-state index contributed by atoms with van der Waals surface area (Å²) < 4.78 is 5.17. The molecule has 14 heteroatoms. The van der Waals surface area contributed by atoms with E-state index in [-0.39, 0.29) is 24.8 Å². The molecule has 2 aromatic rings. The number of ether oxygens (including phenoxy) is 1. The number of aliphatic carboxylic acids is 2. The lowest BCUT2D eigenvalue weighted by Crippen LogP contribution is -2.64. The number of para-hydroxylation sites is 1.